The molecule has 0 atom stereocenters. The molecule has 160 valence electrons. The van der Waals surface area contributed by atoms with Crippen molar-refractivity contribution in [2.24, 2.45) is 0 Å². The van der Waals surface area contributed by atoms with Crippen LogP contribution in [0.15, 0.2) is 64.1 Å². The molecule has 3 aromatic rings. The topological polar surface area (TPSA) is 60.9 Å². The molecule has 0 fully saturated rings. The Kier molecular flexibility index (Phi) is 6.96. The van der Waals surface area contributed by atoms with Crippen molar-refractivity contribution in [3.05, 3.63) is 86.5 Å². The number of halogens is 7. The van der Waals surface area contributed by atoms with Gasteiger partial charge < -0.3 is 5.73 Å². The third-order valence-electron chi connectivity index (χ3n) is 3.74. The summed E-state index contributed by atoms with van der Waals surface area (Å²) in [5.41, 5.74) is 3.87. The van der Waals surface area contributed by atoms with Crippen LogP contribution in [0.3, 0.4) is 0 Å². The standard InChI is InChI=1S/C12H8BrF3N2O.C7H6F3N/c1-7-6-17-10(13)11(19)18(7)9-4-2-3-8(5-9)12(14,15)16;8-7(9,10)5-2-1-3-6(11)4-5/h2-6H,1H3;1-4H,11H2. The molecule has 2 N–H and O–H groups in total. The number of benzene rings is 2. The molecule has 1 heterocycles. The van der Waals surface area contributed by atoms with Crippen molar-refractivity contribution < 1.29 is 26.3 Å². The van der Waals surface area contributed by atoms with Crippen molar-refractivity contribution in [3.8, 4) is 5.69 Å². The zero-order valence-electron chi connectivity index (χ0n) is 15.2. The minimum atomic E-state index is -4.45. The third-order valence-corrected chi connectivity index (χ3v) is 4.29. The van der Waals surface area contributed by atoms with Crippen LogP contribution in [-0.4, -0.2) is 9.55 Å². The maximum Gasteiger partial charge on any atom is 0.416 e. The van der Waals surface area contributed by atoms with Crippen LogP contribution in [0.25, 0.3) is 5.69 Å². The third kappa shape index (κ3) is 5.85. The number of anilines is 1. The van der Waals surface area contributed by atoms with Crippen LogP contribution in [-0.2, 0) is 12.4 Å². The van der Waals surface area contributed by atoms with Gasteiger partial charge in [-0.15, -0.1) is 0 Å². The lowest BCUT2D eigenvalue weighted by Gasteiger charge is -2.12. The van der Waals surface area contributed by atoms with Crippen LogP contribution in [0, 0.1) is 6.92 Å². The maximum atomic E-state index is 12.7. The van der Waals surface area contributed by atoms with E-state index >= 15 is 0 Å². The predicted octanol–water partition coefficient (Wildman–Crippen LogP) is 5.61. The molecule has 30 heavy (non-hydrogen) atoms. The lowest BCUT2D eigenvalue weighted by Crippen LogP contribution is -2.22. The van der Waals surface area contributed by atoms with Crippen molar-refractivity contribution in [2.45, 2.75) is 19.3 Å². The van der Waals surface area contributed by atoms with Gasteiger partial charge in [0.2, 0.25) is 0 Å². The highest BCUT2D eigenvalue weighted by atomic mass is 79.9. The largest absolute Gasteiger partial charge is 0.416 e. The highest BCUT2D eigenvalue weighted by Crippen LogP contribution is 2.31. The molecule has 0 aliphatic rings. The highest BCUT2D eigenvalue weighted by molar-refractivity contribution is 9.10. The van der Waals surface area contributed by atoms with Crippen LogP contribution in [0.2, 0.25) is 0 Å². The first kappa shape index (κ1) is 23.5. The van der Waals surface area contributed by atoms with Crippen LogP contribution in [0.1, 0.15) is 16.8 Å². The van der Waals surface area contributed by atoms with Gasteiger partial charge >= 0.3 is 12.4 Å². The number of alkyl halides is 6. The fraction of sp³-hybridized carbons (Fsp3) is 0.158. The van der Waals surface area contributed by atoms with Gasteiger partial charge in [-0.25, -0.2) is 4.98 Å². The van der Waals surface area contributed by atoms with E-state index in [1.165, 1.54) is 35.0 Å². The molecule has 0 amide bonds. The summed E-state index contributed by atoms with van der Waals surface area (Å²) in [6.45, 7) is 1.60. The van der Waals surface area contributed by atoms with E-state index in [0.29, 0.717) is 5.69 Å². The Bertz CT molecular complexity index is 1090. The molecule has 1 aromatic heterocycles. The van der Waals surface area contributed by atoms with Crippen LogP contribution < -0.4 is 11.3 Å². The summed E-state index contributed by atoms with van der Waals surface area (Å²) in [6.07, 6.45) is -7.33. The van der Waals surface area contributed by atoms with Gasteiger partial charge in [-0.2, -0.15) is 26.3 Å². The first-order chi connectivity index (χ1) is 13.8. The summed E-state index contributed by atoms with van der Waals surface area (Å²) in [5.74, 6) is 0. The average molecular weight is 494 g/mol. The van der Waals surface area contributed by atoms with Gasteiger partial charge in [-0.3, -0.25) is 9.36 Å². The molecule has 4 nitrogen and oxygen atoms in total. The summed E-state index contributed by atoms with van der Waals surface area (Å²) < 4.78 is 74.9. The Balaban J connectivity index is 0.000000248. The number of nitrogens with zero attached hydrogens (tertiary/aromatic N) is 2. The maximum absolute atomic E-state index is 12.7. The molecule has 3 rings (SSSR count). The summed E-state index contributed by atoms with van der Waals surface area (Å²) in [5, 5.41) is 0. The van der Waals surface area contributed by atoms with Crippen molar-refractivity contribution in [1.29, 1.82) is 0 Å². The second-order valence-corrected chi connectivity index (χ2v) is 6.75. The van der Waals surface area contributed by atoms with Gasteiger partial charge in [0.05, 0.1) is 11.1 Å². The molecule has 0 bridgehead atoms. The molecule has 0 radical (unpaired) electrons. The minimum Gasteiger partial charge on any atom is -0.399 e. The van der Waals surface area contributed by atoms with Gasteiger partial charge in [-0.1, -0.05) is 12.1 Å². The van der Waals surface area contributed by atoms with Crippen LogP contribution in [0.4, 0.5) is 32.0 Å². The Morgan fingerprint density at radius 1 is 0.933 bits per heavy atom. The monoisotopic (exact) mass is 493 g/mol. The number of rotatable bonds is 1. The summed E-state index contributed by atoms with van der Waals surface area (Å²) in [4.78, 5) is 15.7. The van der Waals surface area contributed by atoms with Crippen molar-refractivity contribution in [3.63, 3.8) is 0 Å². The normalized spacial score (nSPS) is 11.6. The van der Waals surface area contributed by atoms with Gasteiger partial charge in [-0.05, 0) is 59.3 Å². The molecule has 0 aliphatic heterocycles. The molecule has 0 aliphatic carbocycles. The molecule has 0 saturated carbocycles. The Labute approximate surface area is 175 Å². The zero-order chi connectivity index (χ0) is 22.7. The van der Waals surface area contributed by atoms with Crippen molar-refractivity contribution in [2.75, 3.05) is 5.73 Å². The predicted molar refractivity (Wildman–Crippen MR) is 103 cm³/mol. The summed E-state index contributed by atoms with van der Waals surface area (Å²) >= 11 is 2.97. The minimum absolute atomic E-state index is 0.0514. The molecule has 2 aromatic carbocycles. The smallest absolute Gasteiger partial charge is 0.399 e. The van der Waals surface area contributed by atoms with Crippen LogP contribution >= 0.6 is 15.9 Å². The summed E-state index contributed by atoms with van der Waals surface area (Å²) in [7, 11) is 0. The van der Waals surface area contributed by atoms with Gasteiger partial charge in [0.1, 0.15) is 0 Å². The number of aryl methyl sites for hydroxylation is 1. The second-order valence-electron chi connectivity index (χ2n) is 6.00. The molecule has 0 saturated heterocycles. The lowest BCUT2D eigenvalue weighted by molar-refractivity contribution is -0.138. The van der Waals surface area contributed by atoms with E-state index < -0.39 is 29.0 Å². The molecular weight excluding hydrogens is 480 g/mol. The van der Waals surface area contributed by atoms with Crippen molar-refractivity contribution >= 4 is 21.6 Å². The number of hydrogen-bond donors (Lipinski definition) is 1. The zero-order valence-corrected chi connectivity index (χ0v) is 16.8. The van der Waals surface area contributed by atoms with E-state index in [0.717, 1.165) is 24.3 Å². The fourth-order valence-corrected chi connectivity index (χ4v) is 2.65. The van der Waals surface area contributed by atoms with E-state index in [1.54, 1.807) is 6.92 Å². The van der Waals surface area contributed by atoms with E-state index in [9.17, 15) is 31.1 Å². The average Bonchev–Trinajstić information content (AvgIpc) is 2.65. The number of nitrogens with two attached hydrogens (primary N) is 1. The van der Waals surface area contributed by atoms with Crippen molar-refractivity contribution in [1.82, 2.24) is 9.55 Å². The fourth-order valence-electron chi connectivity index (χ4n) is 2.37. The lowest BCUT2D eigenvalue weighted by atomic mass is 10.2. The first-order valence-corrected chi connectivity index (χ1v) is 8.94. The van der Waals surface area contributed by atoms with E-state index in [-0.39, 0.29) is 16.0 Å². The van der Waals surface area contributed by atoms with Gasteiger partial charge in [0.25, 0.3) is 5.56 Å². The highest BCUT2D eigenvalue weighted by Gasteiger charge is 2.31. The SMILES string of the molecule is Cc1cnc(Br)c(=O)n1-c1cccc(C(F)(F)F)c1.Nc1cccc(C(F)(F)F)c1. The quantitative estimate of drug-likeness (QED) is 0.354. The van der Waals surface area contributed by atoms with E-state index in [4.69, 9.17) is 5.73 Å². The molecule has 0 unspecified atom stereocenters. The van der Waals surface area contributed by atoms with E-state index in [1.807, 2.05) is 0 Å². The Morgan fingerprint density at radius 3 is 1.97 bits per heavy atom. The van der Waals surface area contributed by atoms with Gasteiger partial charge in [0.15, 0.2) is 4.60 Å². The number of aromatic nitrogens is 2. The van der Waals surface area contributed by atoms with Gasteiger partial charge in [0, 0.05) is 23.3 Å². The van der Waals surface area contributed by atoms with Crippen LogP contribution in [0.5, 0.6) is 0 Å². The summed E-state index contributed by atoms with van der Waals surface area (Å²) in [6, 6.07) is 9.17. The second kappa shape index (κ2) is 8.90. The first-order valence-electron chi connectivity index (χ1n) is 8.15. The Morgan fingerprint density at radius 2 is 1.47 bits per heavy atom. The number of hydrogen-bond acceptors (Lipinski definition) is 3. The Hall–Kier alpha value is -2.82. The number of nitrogen functional groups attached to an aromatic ring is 1. The molecule has 0 spiro atoms. The molecular formula is C19H14BrF6N3O. The molecule has 11 heteroatoms. The van der Waals surface area contributed by atoms with E-state index in [2.05, 4.69) is 20.9 Å².